The predicted molar refractivity (Wildman–Crippen MR) is 115 cm³/mol. The lowest BCUT2D eigenvalue weighted by Crippen LogP contribution is -2.21. The Hall–Kier alpha value is -3.26. The zero-order valence-electron chi connectivity index (χ0n) is 17.2. The molecule has 28 heavy (non-hydrogen) atoms. The van der Waals surface area contributed by atoms with Crippen molar-refractivity contribution in [2.24, 2.45) is 0 Å². The maximum absolute atomic E-state index is 12.6. The van der Waals surface area contributed by atoms with Crippen LogP contribution in [0.3, 0.4) is 0 Å². The van der Waals surface area contributed by atoms with Crippen LogP contribution >= 0.6 is 0 Å². The van der Waals surface area contributed by atoms with Crippen molar-refractivity contribution in [1.29, 1.82) is 5.26 Å². The molecule has 5 heteroatoms. The van der Waals surface area contributed by atoms with Gasteiger partial charge in [0.2, 0.25) is 0 Å². The van der Waals surface area contributed by atoms with Crippen LogP contribution in [-0.4, -0.2) is 26.1 Å². The summed E-state index contributed by atoms with van der Waals surface area (Å²) in [5, 5.41) is 12.3. The van der Waals surface area contributed by atoms with Gasteiger partial charge >= 0.3 is 0 Å². The van der Waals surface area contributed by atoms with E-state index in [1.165, 1.54) is 0 Å². The largest absolute Gasteiger partial charge is 0.496 e. The first kappa shape index (κ1) is 21.0. The topological polar surface area (TPSA) is 65.4 Å². The number of methoxy groups -OCH3 is 1. The first-order valence-electron chi connectivity index (χ1n) is 9.36. The highest BCUT2D eigenvalue weighted by molar-refractivity contribution is 6.09. The number of carbonyl (C=O) groups is 1. The van der Waals surface area contributed by atoms with Crippen molar-refractivity contribution in [3.63, 3.8) is 0 Å². The van der Waals surface area contributed by atoms with Gasteiger partial charge in [0.05, 0.1) is 7.11 Å². The number of hydrogen-bond donors (Lipinski definition) is 1. The Labute approximate surface area is 167 Å². The fourth-order valence-electron chi connectivity index (χ4n) is 3.15. The SMILES string of the molecule is CCN(CC)c1ccc(C=C(C#N)C(=O)Nc2cc(C)cc(C)c2)c(OC)c1. The van der Waals surface area contributed by atoms with Crippen LogP contribution in [0.1, 0.15) is 30.5 Å². The number of carbonyl (C=O) groups excluding carboxylic acids is 1. The average Bonchev–Trinajstić information content (AvgIpc) is 2.66. The van der Waals surface area contributed by atoms with Crippen LogP contribution < -0.4 is 15.0 Å². The smallest absolute Gasteiger partial charge is 0.266 e. The van der Waals surface area contributed by atoms with Crippen LogP contribution in [0.15, 0.2) is 42.0 Å². The number of nitrogens with one attached hydrogen (secondary N) is 1. The molecule has 1 N–H and O–H groups in total. The van der Waals surface area contributed by atoms with Gasteiger partial charge in [0, 0.05) is 36.1 Å². The van der Waals surface area contributed by atoms with E-state index >= 15 is 0 Å². The van der Waals surface area contributed by atoms with Gasteiger partial charge in [-0.2, -0.15) is 5.26 Å². The number of aryl methyl sites for hydroxylation is 2. The molecule has 0 saturated carbocycles. The number of rotatable bonds is 7. The number of ether oxygens (including phenoxy) is 1. The molecular formula is C23H27N3O2. The maximum Gasteiger partial charge on any atom is 0.266 e. The standard InChI is InChI=1S/C23H27N3O2/c1-6-26(7-2)21-9-8-18(22(14-21)28-5)13-19(15-24)23(27)25-20-11-16(3)10-17(4)12-20/h8-14H,6-7H2,1-5H3,(H,25,27). The summed E-state index contributed by atoms with van der Waals surface area (Å²) in [6, 6.07) is 13.5. The van der Waals surface area contributed by atoms with Crippen molar-refractivity contribution < 1.29 is 9.53 Å². The minimum Gasteiger partial charge on any atom is -0.496 e. The van der Waals surface area contributed by atoms with E-state index in [1.807, 2.05) is 56.3 Å². The number of benzene rings is 2. The van der Waals surface area contributed by atoms with E-state index in [4.69, 9.17) is 4.74 Å². The molecule has 2 aromatic carbocycles. The second-order valence-corrected chi connectivity index (χ2v) is 6.60. The van der Waals surface area contributed by atoms with Crippen LogP contribution in [0, 0.1) is 25.2 Å². The first-order valence-corrected chi connectivity index (χ1v) is 9.36. The molecule has 0 radical (unpaired) electrons. The minimum atomic E-state index is -0.442. The van der Waals surface area contributed by atoms with Gasteiger partial charge in [-0.15, -0.1) is 0 Å². The second-order valence-electron chi connectivity index (χ2n) is 6.60. The predicted octanol–water partition coefficient (Wildman–Crippen LogP) is 4.70. The van der Waals surface area contributed by atoms with Gasteiger partial charge in [0.1, 0.15) is 17.4 Å². The third kappa shape index (κ3) is 5.14. The normalized spacial score (nSPS) is 10.9. The zero-order valence-corrected chi connectivity index (χ0v) is 17.2. The van der Waals surface area contributed by atoms with Crippen molar-refractivity contribution in [2.45, 2.75) is 27.7 Å². The van der Waals surface area contributed by atoms with E-state index < -0.39 is 5.91 Å². The van der Waals surface area contributed by atoms with Crippen LogP contribution in [0.2, 0.25) is 0 Å². The molecule has 5 nitrogen and oxygen atoms in total. The molecule has 0 bridgehead atoms. The summed E-state index contributed by atoms with van der Waals surface area (Å²) in [7, 11) is 1.58. The Morgan fingerprint density at radius 3 is 2.32 bits per heavy atom. The van der Waals surface area contributed by atoms with E-state index in [1.54, 1.807) is 13.2 Å². The highest BCUT2D eigenvalue weighted by Gasteiger charge is 2.13. The lowest BCUT2D eigenvalue weighted by molar-refractivity contribution is -0.112. The van der Waals surface area contributed by atoms with E-state index in [2.05, 4.69) is 24.1 Å². The molecule has 0 spiro atoms. The summed E-state index contributed by atoms with van der Waals surface area (Å²) < 4.78 is 5.49. The van der Waals surface area contributed by atoms with Crippen LogP contribution in [0.5, 0.6) is 5.75 Å². The van der Waals surface area contributed by atoms with Gasteiger partial charge < -0.3 is 15.0 Å². The third-order valence-electron chi connectivity index (χ3n) is 4.49. The highest BCUT2D eigenvalue weighted by Crippen LogP contribution is 2.28. The third-order valence-corrected chi connectivity index (χ3v) is 4.49. The zero-order chi connectivity index (χ0) is 20.7. The number of amides is 1. The van der Waals surface area contributed by atoms with E-state index in [-0.39, 0.29) is 5.57 Å². The van der Waals surface area contributed by atoms with Crippen LogP contribution in [-0.2, 0) is 4.79 Å². The molecule has 0 aromatic heterocycles. The number of anilines is 2. The van der Waals surface area contributed by atoms with Crippen molar-refractivity contribution in [2.75, 3.05) is 30.4 Å². The van der Waals surface area contributed by atoms with Crippen LogP contribution in [0.25, 0.3) is 6.08 Å². The molecule has 146 valence electrons. The highest BCUT2D eigenvalue weighted by atomic mass is 16.5. The van der Waals surface area contributed by atoms with E-state index in [0.29, 0.717) is 17.0 Å². The molecule has 2 aromatic rings. The van der Waals surface area contributed by atoms with Gasteiger partial charge in [-0.05, 0) is 69.2 Å². The molecule has 0 aliphatic heterocycles. The van der Waals surface area contributed by atoms with E-state index in [9.17, 15) is 10.1 Å². The van der Waals surface area contributed by atoms with Crippen molar-refractivity contribution >= 4 is 23.4 Å². The summed E-state index contributed by atoms with van der Waals surface area (Å²) in [5.41, 5.74) is 4.51. The molecule has 0 atom stereocenters. The van der Waals surface area contributed by atoms with Crippen molar-refractivity contribution in [3.8, 4) is 11.8 Å². The second kappa shape index (κ2) is 9.61. The molecular weight excluding hydrogens is 350 g/mol. The molecule has 0 saturated heterocycles. The number of nitrogens with zero attached hydrogens (tertiary/aromatic N) is 2. The quantitative estimate of drug-likeness (QED) is 0.561. The summed E-state index contributed by atoms with van der Waals surface area (Å²) >= 11 is 0. The Bertz CT molecular complexity index is 902. The Morgan fingerprint density at radius 1 is 1.14 bits per heavy atom. The monoisotopic (exact) mass is 377 g/mol. The molecule has 0 fully saturated rings. The fourth-order valence-corrected chi connectivity index (χ4v) is 3.15. The Kier molecular flexibility index (Phi) is 7.22. The maximum atomic E-state index is 12.6. The van der Waals surface area contributed by atoms with E-state index in [0.717, 1.165) is 29.9 Å². The summed E-state index contributed by atoms with van der Waals surface area (Å²) in [5.74, 6) is 0.179. The minimum absolute atomic E-state index is 0.0213. The van der Waals surface area contributed by atoms with Gasteiger partial charge in [-0.25, -0.2) is 0 Å². The summed E-state index contributed by atoms with van der Waals surface area (Å²) in [4.78, 5) is 14.8. The molecule has 1 amide bonds. The Balaban J connectivity index is 2.32. The lowest BCUT2D eigenvalue weighted by Gasteiger charge is -2.22. The summed E-state index contributed by atoms with van der Waals surface area (Å²) in [6.45, 7) is 9.88. The molecule has 0 heterocycles. The van der Waals surface area contributed by atoms with Gasteiger partial charge in [0.15, 0.2) is 0 Å². The first-order chi connectivity index (χ1) is 13.4. The summed E-state index contributed by atoms with van der Waals surface area (Å²) in [6.07, 6.45) is 1.56. The molecule has 2 rings (SSSR count). The number of nitriles is 1. The Morgan fingerprint density at radius 2 is 1.79 bits per heavy atom. The lowest BCUT2D eigenvalue weighted by atomic mass is 10.1. The van der Waals surface area contributed by atoms with Crippen molar-refractivity contribution in [3.05, 3.63) is 58.7 Å². The fraction of sp³-hybridized carbons (Fsp3) is 0.304. The molecule has 0 aliphatic carbocycles. The van der Waals surface area contributed by atoms with Gasteiger partial charge in [0.25, 0.3) is 5.91 Å². The van der Waals surface area contributed by atoms with Gasteiger partial charge in [-0.3, -0.25) is 4.79 Å². The number of hydrogen-bond acceptors (Lipinski definition) is 4. The van der Waals surface area contributed by atoms with Crippen molar-refractivity contribution in [1.82, 2.24) is 0 Å². The van der Waals surface area contributed by atoms with Crippen LogP contribution in [0.4, 0.5) is 11.4 Å². The average molecular weight is 377 g/mol. The molecule has 0 aliphatic rings. The molecule has 0 unspecified atom stereocenters. The van der Waals surface area contributed by atoms with Gasteiger partial charge in [-0.1, -0.05) is 6.07 Å².